The van der Waals surface area contributed by atoms with Crippen LogP contribution < -0.4 is 16.6 Å². The van der Waals surface area contributed by atoms with Gasteiger partial charge in [-0.05, 0) is 32.9 Å². The molecule has 2 rings (SSSR count). The summed E-state index contributed by atoms with van der Waals surface area (Å²) in [5.74, 6) is -0.172. The summed E-state index contributed by atoms with van der Waals surface area (Å²) >= 11 is 0. The van der Waals surface area contributed by atoms with Gasteiger partial charge in [0.05, 0.1) is 0 Å². The molecule has 1 aromatic heterocycles. The van der Waals surface area contributed by atoms with Crippen molar-refractivity contribution in [3.63, 3.8) is 0 Å². The number of nitrogen functional groups attached to an aromatic ring is 1. The SMILES string of the molecule is CC(CNC(=O)Cn1cc(N)ccc1=O)N(C)C1CC1. The zero-order valence-electron chi connectivity index (χ0n) is 12.0. The second kappa shape index (κ2) is 6.09. The monoisotopic (exact) mass is 278 g/mol. The lowest BCUT2D eigenvalue weighted by atomic mass is 10.3. The van der Waals surface area contributed by atoms with Crippen LogP contribution in [-0.2, 0) is 11.3 Å². The van der Waals surface area contributed by atoms with E-state index < -0.39 is 0 Å². The van der Waals surface area contributed by atoms with Crippen molar-refractivity contribution in [1.29, 1.82) is 0 Å². The second-order valence-corrected chi connectivity index (χ2v) is 5.48. The molecule has 1 aliphatic carbocycles. The highest BCUT2D eigenvalue weighted by Crippen LogP contribution is 2.26. The largest absolute Gasteiger partial charge is 0.398 e. The van der Waals surface area contributed by atoms with Crippen molar-refractivity contribution in [3.8, 4) is 0 Å². The van der Waals surface area contributed by atoms with Crippen molar-refractivity contribution in [3.05, 3.63) is 28.7 Å². The maximum Gasteiger partial charge on any atom is 0.251 e. The average Bonchev–Trinajstić information content (AvgIpc) is 3.23. The van der Waals surface area contributed by atoms with E-state index in [1.807, 2.05) is 0 Å². The minimum Gasteiger partial charge on any atom is -0.398 e. The lowest BCUT2D eigenvalue weighted by molar-refractivity contribution is -0.121. The Morgan fingerprint density at radius 3 is 2.90 bits per heavy atom. The van der Waals surface area contributed by atoms with E-state index >= 15 is 0 Å². The molecule has 1 saturated carbocycles. The highest BCUT2D eigenvalue weighted by Gasteiger charge is 2.29. The summed E-state index contributed by atoms with van der Waals surface area (Å²) < 4.78 is 1.32. The molecule has 0 aromatic carbocycles. The van der Waals surface area contributed by atoms with Crippen LogP contribution in [0.2, 0.25) is 0 Å². The van der Waals surface area contributed by atoms with Gasteiger partial charge in [-0.25, -0.2) is 0 Å². The number of amides is 1. The summed E-state index contributed by atoms with van der Waals surface area (Å²) in [4.78, 5) is 25.7. The maximum atomic E-state index is 11.9. The molecule has 1 aliphatic rings. The molecule has 0 bridgehead atoms. The molecule has 3 N–H and O–H groups in total. The molecular formula is C14H22N4O2. The molecule has 0 radical (unpaired) electrons. The fourth-order valence-corrected chi connectivity index (χ4v) is 2.13. The molecule has 0 spiro atoms. The predicted molar refractivity (Wildman–Crippen MR) is 78.4 cm³/mol. The first-order valence-electron chi connectivity index (χ1n) is 6.92. The summed E-state index contributed by atoms with van der Waals surface area (Å²) in [6.07, 6.45) is 3.97. The van der Waals surface area contributed by atoms with Crippen molar-refractivity contribution in [2.24, 2.45) is 0 Å². The number of nitrogens with zero attached hydrogens (tertiary/aromatic N) is 2. The Morgan fingerprint density at radius 1 is 1.55 bits per heavy atom. The molecule has 1 heterocycles. The molecular weight excluding hydrogens is 256 g/mol. The molecule has 6 heteroatoms. The van der Waals surface area contributed by atoms with E-state index in [1.165, 1.54) is 35.7 Å². The van der Waals surface area contributed by atoms with Gasteiger partial charge < -0.3 is 15.6 Å². The van der Waals surface area contributed by atoms with Crippen molar-refractivity contribution in [2.45, 2.75) is 38.4 Å². The van der Waals surface area contributed by atoms with Gasteiger partial charge in [0.25, 0.3) is 5.56 Å². The first-order valence-corrected chi connectivity index (χ1v) is 6.92. The number of carbonyl (C=O) groups is 1. The standard InChI is InChI=1S/C14H22N4O2/c1-10(17(2)12-4-5-12)7-16-13(19)9-18-8-11(15)3-6-14(18)20/h3,6,8,10,12H,4-5,7,9,15H2,1-2H3,(H,16,19). The van der Waals surface area contributed by atoms with Gasteiger partial charge in [0.1, 0.15) is 6.54 Å². The molecule has 0 saturated heterocycles. The highest BCUT2D eigenvalue weighted by atomic mass is 16.2. The maximum absolute atomic E-state index is 11.9. The summed E-state index contributed by atoms with van der Waals surface area (Å²) in [7, 11) is 2.08. The second-order valence-electron chi connectivity index (χ2n) is 5.48. The Labute approximate surface area is 118 Å². The zero-order chi connectivity index (χ0) is 14.7. The van der Waals surface area contributed by atoms with Gasteiger partial charge in [0.2, 0.25) is 5.91 Å². The fourth-order valence-electron chi connectivity index (χ4n) is 2.13. The number of likely N-dealkylation sites (N-methyl/N-ethyl adjacent to an activating group) is 1. The van der Waals surface area contributed by atoms with Crippen LogP contribution in [-0.4, -0.2) is 41.1 Å². The van der Waals surface area contributed by atoms with Crippen LogP contribution in [0.3, 0.4) is 0 Å². The Kier molecular flexibility index (Phi) is 4.44. The van der Waals surface area contributed by atoms with Crippen LogP contribution in [0.5, 0.6) is 0 Å². The third-order valence-electron chi connectivity index (χ3n) is 3.73. The van der Waals surface area contributed by atoms with Gasteiger partial charge in [-0.2, -0.15) is 0 Å². The molecule has 1 amide bonds. The van der Waals surface area contributed by atoms with Crippen LogP contribution in [0.15, 0.2) is 23.1 Å². The minimum absolute atomic E-state index is 0.00371. The third kappa shape index (κ3) is 3.84. The highest BCUT2D eigenvalue weighted by molar-refractivity contribution is 5.75. The Balaban J connectivity index is 1.83. The lowest BCUT2D eigenvalue weighted by Crippen LogP contribution is -2.42. The third-order valence-corrected chi connectivity index (χ3v) is 3.73. The van der Waals surface area contributed by atoms with Crippen LogP contribution >= 0.6 is 0 Å². The van der Waals surface area contributed by atoms with E-state index in [-0.39, 0.29) is 18.0 Å². The summed E-state index contributed by atoms with van der Waals surface area (Å²) in [5.41, 5.74) is 5.85. The first kappa shape index (κ1) is 14.6. The molecule has 1 fully saturated rings. The van der Waals surface area contributed by atoms with E-state index in [4.69, 9.17) is 5.73 Å². The molecule has 1 aromatic rings. The van der Waals surface area contributed by atoms with Gasteiger partial charge in [0, 0.05) is 36.6 Å². The normalized spacial score (nSPS) is 16.1. The Bertz CT molecular complexity index is 536. The Hall–Kier alpha value is -1.82. The number of rotatable bonds is 6. The van der Waals surface area contributed by atoms with Gasteiger partial charge in [-0.1, -0.05) is 0 Å². The topological polar surface area (TPSA) is 80.4 Å². The van der Waals surface area contributed by atoms with Crippen LogP contribution in [0.1, 0.15) is 19.8 Å². The van der Waals surface area contributed by atoms with E-state index in [9.17, 15) is 9.59 Å². The van der Waals surface area contributed by atoms with Crippen molar-refractivity contribution < 1.29 is 4.79 Å². The number of carbonyl (C=O) groups excluding carboxylic acids is 1. The van der Waals surface area contributed by atoms with E-state index in [0.717, 1.165) is 0 Å². The van der Waals surface area contributed by atoms with Crippen LogP contribution in [0.25, 0.3) is 0 Å². The number of anilines is 1. The van der Waals surface area contributed by atoms with E-state index in [1.54, 1.807) is 0 Å². The first-order chi connectivity index (χ1) is 9.47. The Morgan fingerprint density at radius 2 is 2.25 bits per heavy atom. The number of nitrogens with two attached hydrogens (primary N) is 1. The number of pyridine rings is 1. The molecule has 20 heavy (non-hydrogen) atoms. The lowest BCUT2D eigenvalue weighted by Gasteiger charge is -2.24. The molecule has 0 aliphatic heterocycles. The minimum atomic E-state index is -0.225. The molecule has 1 unspecified atom stereocenters. The summed E-state index contributed by atoms with van der Waals surface area (Å²) in [6, 6.07) is 3.86. The number of hydrogen-bond acceptors (Lipinski definition) is 4. The average molecular weight is 278 g/mol. The van der Waals surface area contributed by atoms with E-state index in [2.05, 4.69) is 24.2 Å². The van der Waals surface area contributed by atoms with Gasteiger partial charge in [-0.15, -0.1) is 0 Å². The summed E-state index contributed by atoms with van der Waals surface area (Å²) in [5, 5.41) is 2.86. The van der Waals surface area contributed by atoms with Crippen molar-refractivity contribution in [2.75, 3.05) is 19.3 Å². The molecule has 1 atom stereocenters. The molecule has 6 nitrogen and oxygen atoms in total. The van der Waals surface area contributed by atoms with E-state index in [0.29, 0.717) is 24.3 Å². The smallest absolute Gasteiger partial charge is 0.251 e. The van der Waals surface area contributed by atoms with Gasteiger partial charge in [-0.3, -0.25) is 14.5 Å². The van der Waals surface area contributed by atoms with Crippen molar-refractivity contribution in [1.82, 2.24) is 14.8 Å². The molecule has 110 valence electrons. The quantitative estimate of drug-likeness (QED) is 0.769. The van der Waals surface area contributed by atoms with Gasteiger partial charge in [0.15, 0.2) is 0 Å². The zero-order valence-corrected chi connectivity index (χ0v) is 12.0. The summed E-state index contributed by atoms with van der Waals surface area (Å²) in [6.45, 7) is 2.68. The number of hydrogen-bond donors (Lipinski definition) is 2. The number of nitrogens with one attached hydrogen (secondary N) is 1. The van der Waals surface area contributed by atoms with Crippen molar-refractivity contribution >= 4 is 11.6 Å². The van der Waals surface area contributed by atoms with Gasteiger partial charge >= 0.3 is 0 Å². The number of aromatic nitrogens is 1. The van der Waals surface area contributed by atoms with Crippen LogP contribution in [0, 0.1) is 0 Å². The van der Waals surface area contributed by atoms with Crippen LogP contribution in [0.4, 0.5) is 5.69 Å². The predicted octanol–water partition coefficient (Wildman–Crippen LogP) is 0.0294. The fraction of sp³-hybridized carbons (Fsp3) is 0.571.